The third-order valence-electron chi connectivity index (χ3n) is 2.78. The monoisotopic (exact) mass is 231 g/mol. The van der Waals surface area contributed by atoms with Crippen LogP contribution in [0.2, 0.25) is 0 Å². The first kappa shape index (κ1) is 15.3. The molecule has 0 fully saturated rings. The van der Waals surface area contributed by atoms with E-state index in [1.165, 1.54) is 37.2 Å². The number of thioether (sulfide) groups is 1. The highest BCUT2D eigenvalue weighted by Crippen LogP contribution is 2.22. The predicted molar refractivity (Wildman–Crippen MR) is 73.5 cm³/mol. The quantitative estimate of drug-likeness (QED) is 0.609. The minimum atomic E-state index is 0.350. The number of hydrogen-bond donors (Lipinski definition) is 1. The molecule has 0 saturated heterocycles. The van der Waals surface area contributed by atoms with Crippen LogP contribution in [0.25, 0.3) is 0 Å². The van der Waals surface area contributed by atoms with Gasteiger partial charge in [-0.05, 0) is 48.6 Å². The Kier molecular flexibility index (Phi) is 8.64. The summed E-state index contributed by atoms with van der Waals surface area (Å²) >= 11 is 2.11. The van der Waals surface area contributed by atoms with Gasteiger partial charge in [-0.25, -0.2) is 0 Å². The Morgan fingerprint density at radius 3 is 2.33 bits per heavy atom. The maximum atomic E-state index is 5.70. The van der Waals surface area contributed by atoms with Crippen LogP contribution in [0.1, 0.15) is 53.4 Å². The van der Waals surface area contributed by atoms with Gasteiger partial charge < -0.3 is 5.73 Å². The minimum absolute atomic E-state index is 0.350. The van der Waals surface area contributed by atoms with Gasteiger partial charge in [-0.2, -0.15) is 11.8 Å². The molecule has 2 N–H and O–H groups in total. The zero-order valence-corrected chi connectivity index (χ0v) is 11.8. The maximum absolute atomic E-state index is 5.70. The van der Waals surface area contributed by atoms with Gasteiger partial charge in [0.2, 0.25) is 0 Å². The average Bonchev–Trinajstić information content (AvgIpc) is 2.16. The summed E-state index contributed by atoms with van der Waals surface area (Å²) in [7, 11) is 0. The Labute approximate surface area is 101 Å². The molecule has 1 nitrogen and oxygen atoms in total. The molecule has 0 bridgehead atoms. The van der Waals surface area contributed by atoms with Gasteiger partial charge in [-0.15, -0.1) is 0 Å². The number of rotatable bonds is 9. The fourth-order valence-corrected chi connectivity index (χ4v) is 2.58. The molecule has 0 aliphatic carbocycles. The van der Waals surface area contributed by atoms with Gasteiger partial charge in [0.1, 0.15) is 0 Å². The summed E-state index contributed by atoms with van der Waals surface area (Å²) in [6.45, 7) is 9.93. The molecule has 2 heteroatoms. The van der Waals surface area contributed by atoms with E-state index in [1.807, 2.05) is 0 Å². The topological polar surface area (TPSA) is 26.0 Å². The second-order valence-corrected chi connectivity index (χ2v) is 6.85. The molecule has 0 aliphatic rings. The van der Waals surface area contributed by atoms with Gasteiger partial charge in [-0.3, -0.25) is 0 Å². The van der Waals surface area contributed by atoms with Crippen molar-refractivity contribution in [1.29, 1.82) is 0 Å². The Morgan fingerprint density at radius 2 is 1.80 bits per heavy atom. The molecule has 92 valence electrons. The van der Waals surface area contributed by atoms with Gasteiger partial charge >= 0.3 is 0 Å². The molecule has 0 rings (SSSR count). The van der Waals surface area contributed by atoms with E-state index < -0.39 is 0 Å². The normalized spacial score (nSPS) is 12.4. The van der Waals surface area contributed by atoms with Crippen molar-refractivity contribution in [2.75, 3.05) is 18.1 Å². The van der Waals surface area contributed by atoms with Gasteiger partial charge in [0.15, 0.2) is 0 Å². The average molecular weight is 231 g/mol. The molecule has 0 aliphatic heterocycles. The SMILES string of the molecule is CC(C)CCSCCCCC(C)(C)CN. The van der Waals surface area contributed by atoms with Gasteiger partial charge in [0.25, 0.3) is 0 Å². The molecule has 0 aromatic heterocycles. The second-order valence-electron chi connectivity index (χ2n) is 5.62. The van der Waals surface area contributed by atoms with Crippen LogP contribution >= 0.6 is 11.8 Å². The summed E-state index contributed by atoms with van der Waals surface area (Å²) in [6, 6.07) is 0. The predicted octanol–water partition coefficient (Wildman–Crippen LogP) is 3.92. The number of hydrogen-bond acceptors (Lipinski definition) is 2. The smallest absolute Gasteiger partial charge is 0.00258 e. The van der Waals surface area contributed by atoms with Crippen LogP contribution in [0.5, 0.6) is 0 Å². The van der Waals surface area contributed by atoms with Crippen molar-refractivity contribution in [2.45, 2.75) is 53.4 Å². The van der Waals surface area contributed by atoms with Gasteiger partial charge in [0.05, 0.1) is 0 Å². The van der Waals surface area contributed by atoms with E-state index in [0.717, 1.165) is 12.5 Å². The lowest BCUT2D eigenvalue weighted by Crippen LogP contribution is -2.23. The van der Waals surface area contributed by atoms with Crippen molar-refractivity contribution >= 4 is 11.8 Å². The highest BCUT2D eigenvalue weighted by atomic mass is 32.2. The van der Waals surface area contributed by atoms with E-state index in [1.54, 1.807) is 0 Å². The molecule has 0 radical (unpaired) electrons. The lowest BCUT2D eigenvalue weighted by atomic mass is 9.88. The summed E-state index contributed by atoms with van der Waals surface area (Å²) in [4.78, 5) is 0. The lowest BCUT2D eigenvalue weighted by molar-refractivity contribution is 0.336. The minimum Gasteiger partial charge on any atom is -0.330 e. The van der Waals surface area contributed by atoms with E-state index in [2.05, 4.69) is 39.5 Å². The Morgan fingerprint density at radius 1 is 1.13 bits per heavy atom. The first-order valence-corrected chi connectivity index (χ1v) is 7.41. The highest BCUT2D eigenvalue weighted by molar-refractivity contribution is 7.99. The van der Waals surface area contributed by atoms with E-state index in [9.17, 15) is 0 Å². The van der Waals surface area contributed by atoms with Crippen LogP contribution in [0, 0.1) is 11.3 Å². The van der Waals surface area contributed by atoms with Crippen LogP contribution < -0.4 is 5.73 Å². The molecular weight excluding hydrogens is 202 g/mol. The van der Waals surface area contributed by atoms with Gasteiger partial charge in [0, 0.05) is 0 Å². The largest absolute Gasteiger partial charge is 0.330 e. The lowest BCUT2D eigenvalue weighted by Gasteiger charge is -2.21. The Balaban J connectivity index is 3.18. The van der Waals surface area contributed by atoms with Crippen molar-refractivity contribution in [3.8, 4) is 0 Å². The molecule has 0 atom stereocenters. The molecule has 0 aromatic rings. The molecule has 0 spiro atoms. The molecular formula is C13H29NS. The zero-order chi connectivity index (χ0) is 11.7. The van der Waals surface area contributed by atoms with Crippen LogP contribution in [0.15, 0.2) is 0 Å². The Bertz CT molecular complexity index is 143. The van der Waals surface area contributed by atoms with Crippen LogP contribution in [-0.4, -0.2) is 18.1 Å². The van der Waals surface area contributed by atoms with E-state index in [-0.39, 0.29) is 0 Å². The van der Waals surface area contributed by atoms with Crippen molar-refractivity contribution in [2.24, 2.45) is 17.1 Å². The molecule has 15 heavy (non-hydrogen) atoms. The highest BCUT2D eigenvalue weighted by Gasteiger charge is 2.13. The maximum Gasteiger partial charge on any atom is -0.00258 e. The molecule has 0 heterocycles. The first-order valence-electron chi connectivity index (χ1n) is 6.26. The number of nitrogens with two attached hydrogens (primary N) is 1. The second kappa shape index (κ2) is 8.46. The fraction of sp³-hybridized carbons (Fsp3) is 1.00. The fourth-order valence-electron chi connectivity index (χ4n) is 1.33. The molecule has 0 amide bonds. The van der Waals surface area contributed by atoms with Crippen LogP contribution in [0.4, 0.5) is 0 Å². The molecule has 0 saturated carbocycles. The van der Waals surface area contributed by atoms with Crippen molar-refractivity contribution in [3.63, 3.8) is 0 Å². The van der Waals surface area contributed by atoms with Crippen molar-refractivity contribution < 1.29 is 0 Å². The van der Waals surface area contributed by atoms with Crippen LogP contribution in [0.3, 0.4) is 0 Å². The van der Waals surface area contributed by atoms with E-state index in [0.29, 0.717) is 5.41 Å². The summed E-state index contributed by atoms with van der Waals surface area (Å²) in [6.07, 6.45) is 5.32. The first-order chi connectivity index (χ1) is 6.98. The van der Waals surface area contributed by atoms with Crippen molar-refractivity contribution in [3.05, 3.63) is 0 Å². The Hall–Kier alpha value is 0.310. The van der Waals surface area contributed by atoms with Crippen LogP contribution in [-0.2, 0) is 0 Å². The molecule has 0 unspecified atom stereocenters. The van der Waals surface area contributed by atoms with E-state index >= 15 is 0 Å². The van der Waals surface area contributed by atoms with E-state index in [4.69, 9.17) is 5.73 Å². The third-order valence-corrected chi connectivity index (χ3v) is 3.89. The standard InChI is InChI=1S/C13H29NS/c1-12(2)7-10-15-9-6-5-8-13(3,4)11-14/h12H,5-11,14H2,1-4H3. The molecule has 0 aromatic carbocycles. The summed E-state index contributed by atoms with van der Waals surface area (Å²) in [5.74, 6) is 3.51. The summed E-state index contributed by atoms with van der Waals surface area (Å²) < 4.78 is 0. The van der Waals surface area contributed by atoms with Gasteiger partial charge in [-0.1, -0.05) is 34.1 Å². The summed E-state index contributed by atoms with van der Waals surface area (Å²) in [5.41, 5.74) is 6.05. The zero-order valence-electron chi connectivity index (χ0n) is 11.0. The summed E-state index contributed by atoms with van der Waals surface area (Å²) in [5, 5.41) is 0. The third kappa shape index (κ3) is 10.6. The number of unbranched alkanes of at least 4 members (excludes halogenated alkanes) is 1. The van der Waals surface area contributed by atoms with Crippen molar-refractivity contribution in [1.82, 2.24) is 0 Å².